The standard InChI is InChI=1S/C17H21N5O4/c1-5-26-16(23)11-8-6-7-9-12(11)20-14-13(22(24)25)15(19-10-18-14)21-17(2,3)4/h6-10H,5H2,1-4H3,(H2,18,19,20,21). The number of nitrogens with one attached hydrogen (secondary N) is 2. The van der Waals surface area contributed by atoms with Gasteiger partial charge in [0.2, 0.25) is 11.6 Å². The first-order valence-electron chi connectivity index (χ1n) is 8.03. The van der Waals surface area contributed by atoms with E-state index in [0.717, 1.165) is 0 Å². The molecule has 0 amide bonds. The molecule has 138 valence electrons. The SMILES string of the molecule is CCOC(=O)c1ccccc1Nc1ncnc(NC(C)(C)C)c1[N+](=O)[O-]. The number of carbonyl (C=O) groups is 1. The van der Waals surface area contributed by atoms with Crippen molar-refractivity contribution in [3.8, 4) is 0 Å². The maximum atomic E-state index is 12.1. The zero-order chi connectivity index (χ0) is 19.3. The number of benzene rings is 1. The molecule has 2 rings (SSSR count). The quantitative estimate of drug-likeness (QED) is 0.457. The molecule has 0 saturated heterocycles. The maximum Gasteiger partial charge on any atom is 0.353 e. The summed E-state index contributed by atoms with van der Waals surface area (Å²) < 4.78 is 5.02. The second-order valence-electron chi connectivity index (χ2n) is 6.44. The van der Waals surface area contributed by atoms with Crippen molar-refractivity contribution >= 4 is 29.0 Å². The molecular formula is C17H21N5O4. The van der Waals surface area contributed by atoms with E-state index in [9.17, 15) is 14.9 Å². The molecule has 0 bridgehead atoms. The van der Waals surface area contributed by atoms with Gasteiger partial charge in [0.15, 0.2) is 0 Å². The molecular weight excluding hydrogens is 338 g/mol. The Kier molecular flexibility index (Phi) is 5.71. The lowest BCUT2D eigenvalue weighted by atomic mass is 10.1. The van der Waals surface area contributed by atoms with Crippen molar-refractivity contribution < 1.29 is 14.5 Å². The molecule has 26 heavy (non-hydrogen) atoms. The Morgan fingerprint density at radius 3 is 2.50 bits per heavy atom. The molecule has 0 aliphatic carbocycles. The summed E-state index contributed by atoms with van der Waals surface area (Å²) in [6, 6.07) is 6.57. The lowest BCUT2D eigenvalue weighted by Crippen LogP contribution is -2.27. The Morgan fingerprint density at radius 1 is 1.23 bits per heavy atom. The monoisotopic (exact) mass is 359 g/mol. The van der Waals surface area contributed by atoms with Crippen molar-refractivity contribution in [3.63, 3.8) is 0 Å². The van der Waals surface area contributed by atoms with Gasteiger partial charge in [-0.25, -0.2) is 14.8 Å². The summed E-state index contributed by atoms with van der Waals surface area (Å²) in [5, 5.41) is 17.4. The van der Waals surface area contributed by atoms with E-state index >= 15 is 0 Å². The van der Waals surface area contributed by atoms with E-state index in [2.05, 4.69) is 20.6 Å². The van der Waals surface area contributed by atoms with Gasteiger partial charge < -0.3 is 15.4 Å². The molecule has 1 aromatic heterocycles. The third kappa shape index (κ3) is 4.65. The summed E-state index contributed by atoms with van der Waals surface area (Å²) in [5.41, 5.74) is -0.123. The van der Waals surface area contributed by atoms with Gasteiger partial charge in [0, 0.05) is 5.54 Å². The fourth-order valence-corrected chi connectivity index (χ4v) is 2.20. The van der Waals surface area contributed by atoms with Gasteiger partial charge in [-0.3, -0.25) is 10.1 Å². The molecule has 0 atom stereocenters. The van der Waals surface area contributed by atoms with Gasteiger partial charge >= 0.3 is 11.7 Å². The minimum absolute atomic E-state index is 0.0199. The van der Waals surface area contributed by atoms with Crippen LogP contribution >= 0.6 is 0 Å². The fraction of sp³-hybridized carbons (Fsp3) is 0.353. The molecule has 9 nitrogen and oxygen atoms in total. The highest BCUT2D eigenvalue weighted by atomic mass is 16.6. The van der Waals surface area contributed by atoms with Gasteiger partial charge in [-0.1, -0.05) is 12.1 Å². The van der Waals surface area contributed by atoms with Crippen molar-refractivity contribution in [1.29, 1.82) is 0 Å². The molecule has 0 spiro atoms. The van der Waals surface area contributed by atoms with E-state index < -0.39 is 16.4 Å². The van der Waals surface area contributed by atoms with Crippen LogP contribution in [0.15, 0.2) is 30.6 Å². The number of hydrogen-bond donors (Lipinski definition) is 2. The van der Waals surface area contributed by atoms with Crippen molar-refractivity contribution in [2.24, 2.45) is 0 Å². The third-order valence-corrected chi connectivity index (χ3v) is 3.17. The zero-order valence-electron chi connectivity index (χ0n) is 15.1. The van der Waals surface area contributed by atoms with Gasteiger partial charge in [-0.15, -0.1) is 0 Å². The van der Waals surface area contributed by atoms with Gasteiger partial charge in [-0.05, 0) is 39.8 Å². The molecule has 9 heteroatoms. The van der Waals surface area contributed by atoms with Crippen molar-refractivity contribution in [1.82, 2.24) is 9.97 Å². The normalized spacial score (nSPS) is 10.9. The van der Waals surface area contributed by atoms with Gasteiger partial charge in [0.1, 0.15) is 6.33 Å². The number of nitro groups is 1. The minimum Gasteiger partial charge on any atom is -0.462 e. The number of carbonyl (C=O) groups excluding carboxylic acids is 1. The number of rotatable bonds is 6. The highest BCUT2D eigenvalue weighted by Gasteiger charge is 2.26. The fourth-order valence-electron chi connectivity index (χ4n) is 2.20. The van der Waals surface area contributed by atoms with Crippen LogP contribution < -0.4 is 10.6 Å². The Labute approximate surface area is 151 Å². The highest BCUT2D eigenvalue weighted by molar-refractivity contribution is 5.96. The second-order valence-corrected chi connectivity index (χ2v) is 6.44. The third-order valence-electron chi connectivity index (χ3n) is 3.17. The Hall–Kier alpha value is -3.23. The van der Waals surface area contributed by atoms with Crippen LogP contribution in [-0.2, 0) is 4.74 Å². The van der Waals surface area contributed by atoms with E-state index in [1.54, 1.807) is 31.2 Å². The van der Waals surface area contributed by atoms with Crippen LogP contribution in [0.2, 0.25) is 0 Å². The Bertz CT molecular complexity index is 817. The number of ether oxygens (including phenoxy) is 1. The lowest BCUT2D eigenvalue weighted by Gasteiger charge is -2.21. The average Bonchev–Trinajstić information content (AvgIpc) is 2.54. The summed E-state index contributed by atoms with van der Waals surface area (Å²) in [5.74, 6) is -0.456. The summed E-state index contributed by atoms with van der Waals surface area (Å²) in [6.07, 6.45) is 1.22. The van der Waals surface area contributed by atoms with Crippen LogP contribution in [0.5, 0.6) is 0 Å². The molecule has 0 fully saturated rings. The molecule has 1 heterocycles. The van der Waals surface area contributed by atoms with Crippen LogP contribution in [0.4, 0.5) is 23.0 Å². The first-order chi connectivity index (χ1) is 12.2. The van der Waals surface area contributed by atoms with E-state index in [1.807, 2.05) is 20.8 Å². The van der Waals surface area contributed by atoms with Crippen LogP contribution in [-0.4, -0.2) is 33.0 Å². The van der Waals surface area contributed by atoms with Crippen molar-refractivity contribution in [3.05, 3.63) is 46.3 Å². The van der Waals surface area contributed by atoms with Crippen LogP contribution in [0.3, 0.4) is 0 Å². The summed E-state index contributed by atoms with van der Waals surface area (Å²) in [6.45, 7) is 7.51. The number of esters is 1. The predicted octanol–water partition coefficient (Wildman–Crippen LogP) is 3.52. The van der Waals surface area contributed by atoms with Crippen LogP contribution in [0.1, 0.15) is 38.1 Å². The second kappa shape index (κ2) is 7.77. The highest BCUT2D eigenvalue weighted by Crippen LogP contribution is 2.33. The van der Waals surface area contributed by atoms with E-state index in [1.165, 1.54) is 6.33 Å². The average molecular weight is 359 g/mol. The number of hydrogen-bond acceptors (Lipinski definition) is 8. The van der Waals surface area contributed by atoms with Crippen LogP contribution in [0, 0.1) is 10.1 Å². The summed E-state index contributed by atoms with van der Waals surface area (Å²) in [4.78, 5) is 31.1. The lowest BCUT2D eigenvalue weighted by molar-refractivity contribution is -0.383. The summed E-state index contributed by atoms with van der Waals surface area (Å²) in [7, 11) is 0. The predicted molar refractivity (Wildman–Crippen MR) is 97.7 cm³/mol. The number of nitrogens with zero attached hydrogens (tertiary/aromatic N) is 3. The number of aromatic nitrogens is 2. The Balaban J connectivity index is 2.46. The largest absolute Gasteiger partial charge is 0.462 e. The maximum absolute atomic E-state index is 12.1. The van der Waals surface area contributed by atoms with E-state index in [-0.39, 0.29) is 29.5 Å². The Morgan fingerprint density at radius 2 is 1.88 bits per heavy atom. The minimum atomic E-state index is -0.566. The van der Waals surface area contributed by atoms with Crippen molar-refractivity contribution in [2.45, 2.75) is 33.2 Å². The van der Waals surface area contributed by atoms with Gasteiger partial charge in [0.25, 0.3) is 0 Å². The van der Waals surface area contributed by atoms with Gasteiger partial charge in [-0.2, -0.15) is 0 Å². The van der Waals surface area contributed by atoms with Gasteiger partial charge in [0.05, 0.1) is 22.8 Å². The molecule has 0 saturated carbocycles. The summed E-state index contributed by atoms with van der Waals surface area (Å²) >= 11 is 0. The first kappa shape index (κ1) is 19.1. The number of para-hydroxylation sites is 1. The van der Waals surface area contributed by atoms with E-state index in [4.69, 9.17) is 4.74 Å². The molecule has 0 aliphatic heterocycles. The molecule has 2 N–H and O–H groups in total. The van der Waals surface area contributed by atoms with Crippen LogP contribution in [0.25, 0.3) is 0 Å². The molecule has 1 aromatic carbocycles. The zero-order valence-corrected chi connectivity index (χ0v) is 15.1. The molecule has 0 aliphatic rings. The molecule has 0 unspecified atom stereocenters. The first-order valence-corrected chi connectivity index (χ1v) is 8.03. The van der Waals surface area contributed by atoms with E-state index in [0.29, 0.717) is 5.69 Å². The number of anilines is 3. The topological polar surface area (TPSA) is 119 Å². The molecule has 2 aromatic rings. The molecule has 0 radical (unpaired) electrons. The smallest absolute Gasteiger partial charge is 0.353 e. The van der Waals surface area contributed by atoms with Crippen molar-refractivity contribution in [2.75, 3.05) is 17.2 Å².